The lowest BCUT2D eigenvalue weighted by atomic mass is 9.75. The van der Waals surface area contributed by atoms with Crippen LogP contribution in [-0.4, -0.2) is 18.9 Å². The number of carbonyl (C=O) groups excluding carboxylic acids is 1. The fourth-order valence-electron chi connectivity index (χ4n) is 1.61. The Labute approximate surface area is 80.4 Å². The van der Waals surface area contributed by atoms with Crippen LogP contribution in [0.5, 0.6) is 0 Å². The third kappa shape index (κ3) is 2.66. The Morgan fingerprint density at radius 2 is 2.23 bits per heavy atom. The molecule has 0 unspecified atom stereocenters. The molecule has 0 aromatic carbocycles. The summed E-state index contributed by atoms with van der Waals surface area (Å²) in [5, 5.41) is 3.27. The van der Waals surface area contributed by atoms with E-state index in [9.17, 15) is 4.79 Å². The van der Waals surface area contributed by atoms with E-state index >= 15 is 0 Å². The Morgan fingerprint density at radius 3 is 2.85 bits per heavy atom. The summed E-state index contributed by atoms with van der Waals surface area (Å²) in [4.78, 5) is 11.2. The molecule has 0 aliphatic heterocycles. The molecule has 0 atom stereocenters. The van der Waals surface area contributed by atoms with Gasteiger partial charge in [0.1, 0.15) is 0 Å². The molecule has 0 aromatic heterocycles. The minimum absolute atomic E-state index is 0.204. The van der Waals surface area contributed by atoms with Gasteiger partial charge in [-0.3, -0.25) is 4.79 Å². The quantitative estimate of drug-likeness (QED) is 0.720. The summed E-state index contributed by atoms with van der Waals surface area (Å²) < 4.78 is 0. The summed E-state index contributed by atoms with van der Waals surface area (Å²) in [5.74, 6) is 0.284. The predicted molar refractivity (Wildman–Crippen MR) is 54.6 cm³/mol. The van der Waals surface area contributed by atoms with Crippen molar-refractivity contribution in [1.29, 1.82) is 0 Å². The highest BCUT2D eigenvalue weighted by Gasteiger charge is 2.27. The van der Waals surface area contributed by atoms with E-state index < -0.39 is 0 Å². The van der Waals surface area contributed by atoms with Gasteiger partial charge in [0.15, 0.2) is 5.78 Å². The average Bonchev–Trinajstić information content (AvgIpc) is 2.07. The Balaban J connectivity index is 2.69. The standard InChI is InChI=1S/C11H19NO/c1-4-12-8-9-7-10(13)5-6-11(9,2)3/h7,12H,4-6,8H2,1-3H3. The van der Waals surface area contributed by atoms with Gasteiger partial charge in [-0.15, -0.1) is 0 Å². The van der Waals surface area contributed by atoms with Crippen LogP contribution >= 0.6 is 0 Å². The second kappa shape index (κ2) is 4.05. The summed E-state index contributed by atoms with van der Waals surface area (Å²) in [6, 6.07) is 0. The van der Waals surface area contributed by atoms with Crippen molar-refractivity contribution in [1.82, 2.24) is 5.32 Å². The first-order chi connectivity index (χ1) is 6.06. The molecule has 2 heteroatoms. The molecule has 1 rings (SSSR count). The molecular formula is C11H19NO. The van der Waals surface area contributed by atoms with Gasteiger partial charge in [-0.1, -0.05) is 20.8 Å². The second-order valence-corrected chi connectivity index (χ2v) is 4.30. The molecule has 0 fully saturated rings. The van der Waals surface area contributed by atoms with Crippen LogP contribution in [0.2, 0.25) is 0 Å². The fraction of sp³-hybridized carbons (Fsp3) is 0.727. The largest absolute Gasteiger partial charge is 0.313 e. The molecular weight excluding hydrogens is 162 g/mol. The zero-order chi connectivity index (χ0) is 9.90. The van der Waals surface area contributed by atoms with Gasteiger partial charge in [-0.2, -0.15) is 0 Å². The van der Waals surface area contributed by atoms with Gasteiger partial charge < -0.3 is 5.32 Å². The van der Waals surface area contributed by atoms with E-state index in [0.717, 1.165) is 19.5 Å². The van der Waals surface area contributed by atoms with Gasteiger partial charge >= 0.3 is 0 Å². The molecule has 0 radical (unpaired) electrons. The highest BCUT2D eigenvalue weighted by atomic mass is 16.1. The summed E-state index contributed by atoms with van der Waals surface area (Å²) in [5.41, 5.74) is 1.46. The summed E-state index contributed by atoms with van der Waals surface area (Å²) >= 11 is 0. The third-order valence-corrected chi connectivity index (χ3v) is 2.77. The molecule has 0 bridgehead atoms. The van der Waals surface area contributed by atoms with E-state index in [1.165, 1.54) is 5.57 Å². The highest BCUT2D eigenvalue weighted by Crippen LogP contribution is 2.34. The topological polar surface area (TPSA) is 29.1 Å². The van der Waals surface area contributed by atoms with Crippen molar-refractivity contribution in [2.45, 2.75) is 33.6 Å². The Morgan fingerprint density at radius 1 is 1.54 bits per heavy atom. The highest BCUT2D eigenvalue weighted by molar-refractivity contribution is 5.91. The van der Waals surface area contributed by atoms with Crippen LogP contribution < -0.4 is 5.32 Å². The number of ketones is 1. The van der Waals surface area contributed by atoms with Gasteiger partial charge in [-0.25, -0.2) is 0 Å². The molecule has 1 aliphatic carbocycles. The first-order valence-corrected chi connectivity index (χ1v) is 5.01. The second-order valence-electron chi connectivity index (χ2n) is 4.30. The summed E-state index contributed by atoms with van der Waals surface area (Å²) in [7, 11) is 0. The van der Waals surface area contributed by atoms with E-state index in [0.29, 0.717) is 6.42 Å². The molecule has 13 heavy (non-hydrogen) atoms. The van der Waals surface area contributed by atoms with Crippen LogP contribution in [0.25, 0.3) is 0 Å². The lowest BCUT2D eigenvalue weighted by Crippen LogP contribution is -2.29. The third-order valence-electron chi connectivity index (χ3n) is 2.77. The minimum Gasteiger partial charge on any atom is -0.313 e. The van der Waals surface area contributed by atoms with Crippen LogP contribution in [-0.2, 0) is 4.79 Å². The van der Waals surface area contributed by atoms with Crippen LogP contribution in [0.3, 0.4) is 0 Å². The van der Waals surface area contributed by atoms with E-state index in [2.05, 4.69) is 26.1 Å². The van der Waals surface area contributed by atoms with Crippen LogP contribution in [0, 0.1) is 5.41 Å². The molecule has 1 aliphatic rings. The number of likely N-dealkylation sites (N-methyl/N-ethyl adjacent to an activating group) is 1. The Bertz CT molecular complexity index is 228. The predicted octanol–water partition coefficient (Wildman–Crippen LogP) is 1.91. The summed E-state index contributed by atoms with van der Waals surface area (Å²) in [6.45, 7) is 8.32. The van der Waals surface area contributed by atoms with E-state index in [4.69, 9.17) is 0 Å². The smallest absolute Gasteiger partial charge is 0.155 e. The van der Waals surface area contributed by atoms with Crippen LogP contribution in [0.4, 0.5) is 0 Å². The van der Waals surface area contributed by atoms with E-state index in [-0.39, 0.29) is 11.2 Å². The molecule has 0 saturated carbocycles. The SMILES string of the molecule is CCNCC1=CC(=O)CCC1(C)C. The van der Waals surface area contributed by atoms with Gasteiger partial charge in [0, 0.05) is 13.0 Å². The van der Waals surface area contributed by atoms with Gasteiger partial charge in [0.2, 0.25) is 0 Å². The lowest BCUT2D eigenvalue weighted by Gasteiger charge is -2.31. The summed E-state index contributed by atoms with van der Waals surface area (Å²) in [6.07, 6.45) is 3.53. The number of hydrogen-bond donors (Lipinski definition) is 1. The maximum atomic E-state index is 11.2. The Kier molecular flexibility index (Phi) is 3.26. The maximum Gasteiger partial charge on any atom is 0.155 e. The normalized spacial score (nSPS) is 21.5. The minimum atomic E-state index is 0.204. The number of carbonyl (C=O) groups is 1. The van der Waals surface area contributed by atoms with E-state index in [1.807, 2.05) is 6.08 Å². The molecule has 0 heterocycles. The average molecular weight is 181 g/mol. The van der Waals surface area contributed by atoms with Crippen molar-refractivity contribution >= 4 is 5.78 Å². The number of nitrogens with one attached hydrogen (secondary N) is 1. The van der Waals surface area contributed by atoms with Crippen molar-refractivity contribution in [3.05, 3.63) is 11.6 Å². The monoisotopic (exact) mass is 181 g/mol. The first kappa shape index (κ1) is 10.5. The van der Waals surface area contributed by atoms with Crippen molar-refractivity contribution in [2.75, 3.05) is 13.1 Å². The number of rotatable bonds is 3. The molecule has 2 nitrogen and oxygen atoms in total. The number of hydrogen-bond acceptors (Lipinski definition) is 2. The molecule has 0 amide bonds. The maximum absolute atomic E-state index is 11.2. The zero-order valence-corrected chi connectivity index (χ0v) is 8.81. The Hall–Kier alpha value is -0.630. The van der Waals surface area contributed by atoms with Gasteiger partial charge in [-0.05, 0) is 30.0 Å². The van der Waals surface area contributed by atoms with Crippen molar-refractivity contribution in [3.8, 4) is 0 Å². The zero-order valence-electron chi connectivity index (χ0n) is 8.81. The van der Waals surface area contributed by atoms with Gasteiger partial charge in [0.25, 0.3) is 0 Å². The van der Waals surface area contributed by atoms with E-state index in [1.54, 1.807) is 0 Å². The fourth-order valence-corrected chi connectivity index (χ4v) is 1.61. The first-order valence-electron chi connectivity index (χ1n) is 5.01. The van der Waals surface area contributed by atoms with Crippen LogP contribution in [0.15, 0.2) is 11.6 Å². The number of allylic oxidation sites excluding steroid dienone is 1. The molecule has 1 N–H and O–H groups in total. The molecule has 74 valence electrons. The lowest BCUT2D eigenvalue weighted by molar-refractivity contribution is -0.115. The van der Waals surface area contributed by atoms with Crippen LogP contribution in [0.1, 0.15) is 33.6 Å². The molecule has 0 aromatic rings. The van der Waals surface area contributed by atoms with Crippen molar-refractivity contribution in [3.63, 3.8) is 0 Å². The molecule has 0 spiro atoms. The molecule has 0 saturated heterocycles. The van der Waals surface area contributed by atoms with Crippen molar-refractivity contribution < 1.29 is 4.79 Å². The van der Waals surface area contributed by atoms with Crippen molar-refractivity contribution in [2.24, 2.45) is 5.41 Å². The van der Waals surface area contributed by atoms with Gasteiger partial charge in [0.05, 0.1) is 0 Å².